The third kappa shape index (κ3) is 3.88. The van der Waals surface area contributed by atoms with Gasteiger partial charge in [0.15, 0.2) is 5.78 Å². The molecular weight excluding hydrogens is 264 g/mol. The first-order chi connectivity index (χ1) is 9.78. The number of hydrogen-bond acceptors (Lipinski definition) is 2. The summed E-state index contributed by atoms with van der Waals surface area (Å²) in [6.45, 7) is 2.23. The van der Waals surface area contributed by atoms with Crippen molar-refractivity contribution in [2.75, 3.05) is 5.75 Å². The Labute approximate surface area is 127 Å². The summed E-state index contributed by atoms with van der Waals surface area (Å²) >= 11 is 1.94. The molecule has 0 aromatic heterocycles. The number of ketones is 1. The molecule has 0 unspecified atom stereocenters. The van der Waals surface area contributed by atoms with Gasteiger partial charge >= 0.3 is 0 Å². The molecule has 2 heteroatoms. The van der Waals surface area contributed by atoms with Crippen LogP contribution in [0, 0.1) is 0 Å². The summed E-state index contributed by atoms with van der Waals surface area (Å²) in [6, 6.07) is 9.90. The Balaban J connectivity index is 2.08. The van der Waals surface area contributed by atoms with E-state index in [-0.39, 0.29) is 4.75 Å². The highest BCUT2D eigenvalue weighted by Gasteiger charge is 2.39. The zero-order chi connectivity index (χ0) is 14.3. The lowest BCUT2D eigenvalue weighted by Gasteiger charge is -2.35. The molecule has 1 saturated carbocycles. The highest BCUT2D eigenvalue weighted by molar-refractivity contribution is 8.01. The predicted molar refractivity (Wildman–Crippen MR) is 88.6 cm³/mol. The Morgan fingerprint density at radius 2 is 1.80 bits per heavy atom. The summed E-state index contributed by atoms with van der Waals surface area (Å²) in [7, 11) is 0. The van der Waals surface area contributed by atoms with E-state index in [0.29, 0.717) is 5.78 Å². The van der Waals surface area contributed by atoms with Gasteiger partial charge in [-0.25, -0.2) is 0 Å². The lowest BCUT2D eigenvalue weighted by atomic mass is 9.83. The summed E-state index contributed by atoms with van der Waals surface area (Å²) in [4.78, 5) is 13.0. The quantitative estimate of drug-likeness (QED) is 0.487. The maximum atomic E-state index is 13.0. The summed E-state index contributed by atoms with van der Waals surface area (Å²) < 4.78 is -0.132. The van der Waals surface area contributed by atoms with Gasteiger partial charge in [0.05, 0.1) is 4.75 Å². The van der Waals surface area contributed by atoms with Crippen LogP contribution in [0.1, 0.15) is 68.6 Å². The number of carbonyl (C=O) groups is 1. The van der Waals surface area contributed by atoms with Gasteiger partial charge in [-0.05, 0) is 25.0 Å². The zero-order valence-electron chi connectivity index (χ0n) is 12.6. The molecule has 1 aromatic rings. The van der Waals surface area contributed by atoms with E-state index in [1.54, 1.807) is 0 Å². The minimum Gasteiger partial charge on any atom is -0.293 e. The SMILES string of the molecule is CCCCCSC1(C(=O)c2ccccc2)CCCCC1. The Bertz CT molecular complexity index is 407. The van der Waals surface area contributed by atoms with Crippen molar-refractivity contribution in [2.45, 2.75) is 63.0 Å². The second kappa shape index (κ2) is 7.87. The first-order valence-electron chi connectivity index (χ1n) is 8.02. The van der Waals surface area contributed by atoms with Gasteiger partial charge in [-0.2, -0.15) is 0 Å². The van der Waals surface area contributed by atoms with Gasteiger partial charge < -0.3 is 0 Å². The van der Waals surface area contributed by atoms with E-state index in [9.17, 15) is 4.79 Å². The maximum Gasteiger partial charge on any atom is 0.178 e. The number of rotatable bonds is 7. The van der Waals surface area contributed by atoms with E-state index >= 15 is 0 Å². The van der Waals surface area contributed by atoms with E-state index in [0.717, 1.165) is 24.2 Å². The fourth-order valence-electron chi connectivity index (χ4n) is 3.03. The van der Waals surface area contributed by atoms with Gasteiger partial charge in [-0.15, -0.1) is 11.8 Å². The summed E-state index contributed by atoms with van der Waals surface area (Å²) in [5, 5.41) is 0. The minimum absolute atomic E-state index is 0.132. The lowest BCUT2D eigenvalue weighted by Crippen LogP contribution is -2.37. The van der Waals surface area contributed by atoms with Crippen LogP contribution in [0.2, 0.25) is 0 Å². The molecule has 0 atom stereocenters. The van der Waals surface area contributed by atoms with Crippen LogP contribution in [-0.2, 0) is 0 Å². The van der Waals surface area contributed by atoms with Crippen molar-refractivity contribution in [1.82, 2.24) is 0 Å². The number of benzene rings is 1. The number of unbranched alkanes of at least 4 members (excludes halogenated alkanes) is 2. The molecule has 0 amide bonds. The van der Waals surface area contributed by atoms with E-state index in [1.165, 1.54) is 38.5 Å². The molecular formula is C18H26OS. The van der Waals surface area contributed by atoms with E-state index in [1.807, 2.05) is 42.1 Å². The van der Waals surface area contributed by atoms with Crippen LogP contribution in [-0.4, -0.2) is 16.3 Å². The van der Waals surface area contributed by atoms with Crippen molar-refractivity contribution in [3.8, 4) is 0 Å². The Hall–Kier alpha value is -0.760. The molecule has 0 N–H and O–H groups in total. The van der Waals surface area contributed by atoms with Gasteiger partial charge in [0.1, 0.15) is 0 Å². The first kappa shape index (κ1) is 15.6. The maximum absolute atomic E-state index is 13.0. The average molecular weight is 290 g/mol. The molecule has 110 valence electrons. The topological polar surface area (TPSA) is 17.1 Å². The van der Waals surface area contributed by atoms with Gasteiger partial charge in [0.25, 0.3) is 0 Å². The second-order valence-corrected chi connectivity index (χ2v) is 7.28. The van der Waals surface area contributed by atoms with Crippen LogP contribution in [0.25, 0.3) is 0 Å². The number of thioether (sulfide) groups is 1. The van der Waals surface area contributed by atoms with E-state index in [4.69, 9.17) is 0 Å². The minimum atomic E-state index is -0.132. The molecule has 1 aliphatic carbocycles. The molecule has 1 aromatic carbocycles. The standard InChI is InChI=1S/C18H26OS/c1-2-3-10-15-20-18(13-8-5-9-14-18)17(19)16-11-6-4-7-12-16/h4,6-7,11-12H,2-3,5,8-10,13-15H2,1H3. The number of carbonyl (C=O) groups excluding carboxylic acids is 1. The normalized spacial score (nSPS) is 17.9. The summed E-state index contributed by atoms with van der Waals surface area (Å²) in [6.07, 6.45) is 9.61. The van der Waals surface area contributed by atoms with Crippen LogP contribution in [0.3, 0.4) is 0 Å². The molecule has 1 nitrogen and oxygen atoms in total. The number of Topliss-reactive ketones (excluding diaryl/α,β-unsaturated/α-hetero) is 1. The van der Waals surface area contributed by atoms with Crippen molar-refractivity contribution in [1.29, 1.82) is 0 Å². The van der Waals surface area contributed by atoms with Gasteiger partial charge in [-0.1, -0.05) is 69.4 Å². The molecule has 1 fully saturated rings. The third-order valence-corrected chi connectivity index (χ3v) is 5.88. The molecule has 1 aliphatic rings. The van der Waals surface area contributed by atoms with Gasteiger partial charge in [0.2, 0.25) is 0 Å². The highest BCUT2D eigenvalue weighted by atomic mass is 32.2. The first-order valence-corrected chi connectivity index (χ1v) is 9.01. The van der Waals surface area contributed by atoms with E-state index < -0.39 is 0 Å². The Morgan fingerprint density at radius 3 is 2.45 bits per heavy atom. The van der Waals surface area contributed by atoms with Gasteiger partial charge in [-0.3, -0.25) is 4.79 Å². The van der Waals surface area contributed by atoms with Crippen LogP contribution in [0.4, 0.5) is 0 Å². The van der Waals surface area contributed by atoms with Crippen molar-refractivity contribution in [2.24, 2.45) is 0 Å². The Kier molecular flexibility index (Phi) is 6.15. The monoisotopic (exact) mass is 290 g/mol. The van der Waals surface area contributed by atoms with Crippen LogP contribution < -0.4 is 0 Å². The molecule has 0 bridgehead atoms. The van der Waals surface area contributed by atoms with Crippen molar-refractivity contribution in [3.63, 3.8) is 0 Å². The van der Waals surface area contributed by atoms with Crippen molar-refractivity contribution in [3.05, 3.63) is 35.9 Å². The molecule has 0 saturated heterocycles. The third-order valence-electron chi connectivity index (χ3n) is 4.24. The fourth-order valence-corrected chi connectivity index (χ4v) is 4.60. The lowest BCUT2D eigenvalue weighted by molar-refractivity contribution is 0.0919. The molecule has 20 heavy (non-hydrogen) atoms. The molecule has 2 rings (SSSR count). The summed E-state index contributed by atoms with van der Waals surface area (Å²) in [5.41, 5.74) is 0.900. The van der Waals surface area contributed by atoms with Crippen LogP contribution in [0.5, 0.6) is 0 Å². The molecule has 0 spiro atoms. The van der Waals surface area contributed by atoms with E-state index in [2.05, 4.69) is 6.92 Å². The van der Waals surface area contributed by atoms with Crippen molar-refractivity contribution < 1.29 is 4.79 Å². The molecule has 0 radical (unpaired) electrons. The second-order valence-electron chi connectivity index (χ2n) is 5.81. The average Bonchev–Trinajstić information content (AvgIpc) is 2.53. The van der Waals surface area contributed by atoms with Crippen LogP contribution >= 0.6 is 11.8 Å². The molecule has 0 heterocycles. The fraction of sp³-hybridized carbons (Fsp3) is 0.611. The smallest absolute Gasteiger partial charge is 0.178 e. The zero-order valence-corrected chi connectivity index (χ0v) is 13.4. The highest BCUT2D eigenvalue weighted by Crippen LogP contribution is 2.42. The number of hydrogen-bond donors (Lipinski definition) is 0. The molecule has 0 aliphatic heterocycles. The Morgan fingerprint density at radius 1 is 1.10 bits per heavy atom. The largest absolute Gasteiger partial charge is 0.293 e. The summed E-state index contributed by atoms with van der Waals surface area (Å²) in [5.74, 6) is 1.51. The van der Waals surface area contributed by atoms with Gasteiger partial charge in [0, 0.05) is 5.56 Å². The van der Waals surface area contributed by atoms with Crippen molar-refractivity contribution >= 4 is 17.5 Å². The van der Waals surface area contributed by atoms with Crippen LogP contribution in [0.15, 0.2) is 30.3 Å². The predicted octanol–water partition coefficient (Wildman–Crippen LogP) is 5.50.